The molecule has 0 bridgehead atoms. The quantitative estimate of drug-likeness (QED) is 0.120. The Balaban J connectivity index is 2.98. The molecule has 0 saturated carbocycles. The van der Waals surface area contributed by atoms with Crippen molar-refractivity contribution in [1.29, 1.82) is 0 Å². The average molecular weight is 438 g/mol. The van der Waals surface area contributed by atoms with Crippen molar-refractivity contribution in [1.82, 2.24) is 5.32 Å². The standard InChI is InChI=1S/C30H63N/c1-3-5-7-9-11-13-14-15-16-17-18-19-20-21-22-24-26-28-30-31-29-27-25-23-12-10-8-6-4-2/h31H,3-30H2,1-2H3. The third-order valence-electron chi connectivity index (χ3n) is 6.91. The van der Waals surface area contributed by atoms with E-state index >= 15 is 0 Å². The fourth-order valence-corrected chi connectivity index (χ4v) is 4.66. The van der Waals surface area contributed by atoms with Gasteiger partial charge in [0.15, 0.2) is 0 Å². The Hall–Kier alpha value is -0.0400. The second-order valence-corrected chi connectivity index (χ2v) is 10.2. The second kappa shape index (κ2) is 30.0. The van der Waals surface area contributed by atoms with Gasteiger partial charge < -0.3 is 5.32 Å². The van der Waals surface area contributed by atoms with Crippen LogP contribution in [0.1, 0.15) is 181 Å². The molecule has 188 valence electrons. The van der Waals surface area contributed by atoms with Gasteiger partial charge in [-0.15, -0.1) is 0 Å². The molecule has 0 rings (SSSR count). The monoisotopic (exact) mass is 437 g/mol. The summed E-state index contributed by atoms with van der Waals surface area (Å²) in [6.45, 7) is 7.09. The van der Waals surface area contributed by atoms with Crippen molar-refractivity contribution in [2.75, 3.05) is 13.1 Å². The predicted molar refractivity (Wildman–Crippen MR) is 144 cm³/mol. The molecular weight excluding hydrogens is 374 g/mol. The van der Waals surface area contributed by atoms with Crippen LogP contribution in [0.5, 0.6) is 0 Å². The molecule has 1 nitrogen and oxygen atoms in total. The first-order valence-electron chi connectivity index (χ1n) is 15.1. The molecule has 31 heavy (non-hydrogen) atoms. The van der Waals surface area contributed by atoms with Crippen LogP contribution >= 0.6 is 0 Å². The van der Waals surface area contributed by atoms with Gasteiger partial charge in [0.1, 0.15) is 0 Å². The van der Waals surface area contributed by atoms with E-state index in [-0.39, 0.29) is 0 Å². The summed E-state index contributed by atoms with van der Waals surface area (Å²) in [5.74, 6) is 0. The van der Waals surface area contributed by atoms with E-state index in [0.717, 1.165) is 0 Å². The molecule has 0 aliphatic heterocycles. The van der Waals surface area contributed by atoms with Crippen LogP contribution in [0, 0.1) is 0 Å². The molecule has 0 fully saturated rings. The molecule has 0 spiro atoms. The average Bonchev–Trinajstić information content (AvgIpc) is 2.78. The summed E-state index contributed by atoms with van der Waals surface area (Å²) in [5, 5.41) is 3.65. The zero-order chi connectivity index (χ0) is 22.5. The molecule has 0 saturated heterocycles. The van der Waals surface area contributed by atoms with Gasteiger partial charge in [0.2, 0.25) is 0 Å². The molecule has 0 radical (unpaired) electrons. The summed E-state index contributed by atoms with van der Waals surface area (Å²) < 4.78 is 0. The van der Waals surface area contributed by atoms with Gasteiger partial charge in [-0.05, 0) is 25.9 Å². The van der Waals surface area contributed by atoms with Crippen molar-refractivity contribution in [3.63, 3.8) is 0 Å². The number of hydrogen-bond donors (Lipinski definition) is 1. The van der Waals surface area contributed by atoms with E-state index in [1.165, 1.54) is 180 Å². The molecule has 0 aromatic rings. The fraction of sp³-hybridized carbons (Fsp3) is 1.00. The highest BCUT2D eigenvalue weighted by molar-refractivity contribution is 4.53. The Morgan fingerprint density at radius 2 is 0.452 bits per heavy atom. The minimum atomic E-state index is 1.24. The Labute approximate surface area is 199 Å². The topological polar surface area (TPSA) is 12.0 Å². The zero-order valence-corrected chi connectivity index (χ0v) is 22.3. The summed E-state index contributed by atoms with van der Waals surface area (Å²) in [6.07, 6.45) is 37.8. The van der Waals surface area contributed by atoms with Crippen molar-refractivity contribution in [3.05, 3.63) is 0 Å². The number of hydrogen-bond acceptors (Lipinski definition) is 1. The van der Waals surface area contributed by atoms with Crippen molar-refractivity contribution in [3.8, 4) is 0 Å². The highest BCUT2D eigenvalue weighted by Crippen LogP contribution is 2.14. The van der Waals surface area contributed by atoms with Crippen molar-refractivity contribution in [2.24, 2.45) is 0 Å². The summed E-state index contributed by atoms with van der Waals surface area (Å²) in [7, 11) is 0. The maximum Gasteiger partial charge on any atom is -0.00489 e. The van der Waals surface area contributed by atoms with Gasteiger partial charge in [0.05, 0.1) is 0 Å². The molecule has 0 aliphatic carbocycles. The third kappa shape index (κ3) is 30.0. The number of nitrogens with one attached hydrogen (secondary N) is 1. The van der Waals surface area contributed by atoms with Crippen LogP contribution in [0.2, 0.25) is 0 Å². The molecule has 0 aromatic carbocycles. The van der Waals surface area contributed by atoms with E-state index in [1.54, 1.807) is 0 Å². The van der Waals surface area contributed by atoms with Crippen LogP contribution < -0.4 is 5.32 Å². The SMILES string of the molecule is CCCCCCCCCCCCCCCCCCCCNCCCCCCCCCC. The van der Waals surface area contributed by atoms with E-state index in [0.29, 0.717) is 0 Å². The highest BCUT2D eigenvalue weighted by Gasteiger charge is 1.96. The molecule has 0 aromatic heterocycles. The first-order valence-corrected chi connectivity index (χ1v) is 15.1. The highest BCUT2D eigenvalue weighted by atomic mass is 14.8. The van der Waals surface area contributed by atoms with E-state index in [1.807, 2.05) is 0 Å². The second-order valence-electron chi connectivity index (χ2n) is 10.2. The van der Waals surface area contributed by atoms with E-state index in [9.17, 15) is 0 Å². The summed E-state index contributed by atoms with van der Waals surface area (Å²) in [5.41, 5.74) is 0. The first kappa shape index (κ1) is 31.0. The van der Waals surface area contributed by atoms with Gasteiger partial charge in [-0.25, -0.2) is 0 Å². The molecule has 0 unspecified atom stereocenters. The van der Waals surface area contributed by atoms with Gasteiger partial charge >= 0.3 is 0 Å². The van der Waals surface area contributed by atoms with E-state index in [2.05, 4.69) is 19.2 Å². The van der Waals surface area contributed by atoms with Crippen LogP contribution in [0.3, 0.4) is 0 Å². The van der Waals surface area contributed by atoms with Gasteiger partial charge in [0.25, 0.3) is 0 Å². The molecule has 1 heteroatoms. The zero-order valence-electron chi connectivity index (χ0n) is 22.3. The fourth-order valence-electron chi connectivity index (χ4n) is 4.66. The normalized spacial score (nSPS) is 11.4. The molecule has 0 amide bonds. The molecular formula is C30H63N. The lowest BCUT2D eigenvalue weighted by Crippen LogP contribution is -2.16. The van der Waals surface area contributed by atoms with Crippen molar-refractivity contribution in [2.45, 2.75) is 181 Å². The van der Waals surface area contributed by atoms with Crippen molar-refractivity contribution >= 4 is 0 Å². The van der Waals surface area contributed by atoms with Crippen LogP contribution in [-0.2, 0) is 0 Å². The van der Waals surface area contributed by atoms with Crippen LogP contribution in [-0.4, -0.2) is 13.1 Å². The van der Waals surface area contributed by atoms with Crippen LogP contribution in [0.25, 0.3) is 0 Å². The Morgan fingerprint density at radius 1 is 0.258 bits per heavy atom. The van der Waals surface area contributed by atoms with Gasteiger partial charge in [-0.1, -0.05) is 168 Å². The Bertz CT molecular complexity index is 260. The lowest BCUT2D eigenvalue weighted by molar-refractivity contribution is 0.518. The largest absolute Gasteiger partial charge is 0.317 e. The smallest absolute Gasteiger partial charge is 0.00489 e. The number of rotatable bonds is 28. The van der Waals surface area contributed by atoms with Gasteiger partial charge in [0, 0.05) is 0 Å². The van der Waals surface area contributed by atoms with Gasteiger partial charge in [-0.3, -0.25) is 0 Å². The van der Waals surface area contributed by atoms with Crippen LogP contribution in [0.15, 0.2) is 0 Å². The Kier molecular flexibility index (Phi) is 29.9. The van der Waals surface area contributed by atoms with Crippen molar-refractivity contribution < 1.29 is 0 Å². The minimum absolute atomic E-state index is 1.24. The van der Waals surface area contributed by atoms with E-state index in [4.69, 9.17) is 0 Å². The molecule has 1 N–H and O–H groups in total. The minimum Gasteiger partial charge on any atom is -0.317 e. The summed E-state index contributed by atoms with van der Waals surface area (Å²) in [4.78, 5) is 0. The Morgan fingerprint density at radius 3 is 0.677 bits per heavy atom. The number of unbranched alkanes of at least 4 members (excludes halogenated alkanes) is 24. The maximum absolute atomic E-state index is 3.65. The van der Waals surface area contributed by atoms with Gasteiger partial charge in [-0.2, -0.15) is 0 Å². The van der Waals surface area contributed by atoms with Crippen LogP contribution in [0.4, 0.5) is 0 Å². The molecule has 0 heterocycles. The first-order chi connectivity index (χ1) is 15.4. The molecule has 0 atom stereocenters. The molecule has 0 aliphatic rings. The van der Waals surface area contributed by atoms with E-state index < -0.39 is 0 Å². The third-order valence-corrected chi connectivity index (χ3v) is 6.91. The lowest BCUT2D eigenvalue weighted by atomic mass is 10.0. The summed E-state index contributed by atoms with van der Waals surface area (Å²) >= 11 is 0. The lowest BCUT2D eigenvalue weighted by Gasteiger charge is -2.06. The predicted octanol–water partition coefficient (Wildman–Crippen LogP) is 10.8. The summed E-state index contributed by atoms with van der Waals surface area (Å²) in [6, 6.07) is 0. The maximum atomic E-state index is 3.65.